The molecule has 0 atom stereocenters. The molecule has 0 saturated heterocycles. The standard InChI is InChI=1S/C17H18N4O/c22-17(16-13-6-2-4-8-15(13)20-21-16)19-10-11-9-18-14-7-3-1-5-12(11)14/h1,3,5,7,9,18H,2,4,6,8,10H2,(H,19,22)(H,20,21). The van der Waals surface area contributed by atoms with Gasteiger partial charge >= 0.3 is 0 Å². The Bertz CT molecular complexity index is 830. The molecule has 5 heteroatoms. The lowest BCUT2D eigenvalue weighted by molar-refractivity contribution is 0.0945. The highest BCUT2D eigenvalue weighted by atomic mass is 16.1. The van der Waals surface area contributed by atoms with Gasteiger partial charge < -0.3 is 10.3 Å². The van der Waals surface area contributed by atoms with Crippen molar-refractivity contribution >= 4 is 16.8 Å². The van der Waals surface area contributed by atoms with Crippen molar-refractivity contribution in [1.29, 1.82) is 0 Å². The molecule has 1 aromatic carbocycles. The summed E-state index contributed by atoms with van der Waals surface area (Å²) in [5, 5.41) is 11.4. The first-order chi connectivity index (χ1) is 10.8. The molecular formula is C17H18N4O. The Morgan fingerprint density at radius 1 is 1.23 bits per heavy atom. The van der Waals surface area contributed by atoms with Crippen molar-refractivity contribution in [1.82, 2.24) is 20.5 Å². The lowest BCUT2D eigenvalue weighted by Crippen LogP contribution is -2.24. The smallest absolute Gasteiger partial charge is 0.272 e. The van der Waals surface area contributed by atoms with Gasteiger partial charge in [0.1, 0.15) is 0 Å². The summed E-state index contributed by atoms with van der Waals surface area (Å²) in [6, 6.07) is 8.09. The molecule has 0 unspecified atom stereocenters. The van der Waals surface area contributed by atoms with Crippen LogP contribution in [0.1, 0.15) is 40.2 Å². The number of amides is 1. The summed E-state index contributed by atoms with van der Waals surface area (Å²) >= 11 is 0. The average molecular weight is 294 g/mol. The molecule has 22 heavy (non-hydrogen) atoms. The zero-order valence-electron chi connectivity index (χ0n) is 12.3. The monoisotopic (exact) mass is 294 g/mol. The highest BCUT2D eigenvalue weighted by molar-refractivity contribution is 5.94. The Balaban J connectivity index is 1.52. The van der Waals surface area contributed by atoms with Gasteiger partial charge in [0.15, 0.2) is 5.69 Å². The highest BCUT2D eigenvalue weighted by Gasteiger charge is 2.21. The van der Waals surface area contributed by atoms with Crippen LogP contribution in [-0.4, -0.2) is 21.1 Å². The summed E-state index contributed by atoms with van der Waals surface area (Å²) in [7, 11) is 0. The number of rotatable bonds is 3. The van der Waals surface area contributed by atoms with E-state index in [1.54, 1.807) is 0 Å². The number of carbonyl (C=O) groups is 1. The SMILES string of the molecule is O=C(NCc1c[nH]c2ccccc12)c1n[nH]c2c1CCCC2. The van der Waals surface area contributed by atoms with Gasteiger partial charge in [-0.05, 0) is 37.3 Å². The van der Waals surface area contributed by atoms with Gasteiger partial charge in [0, 0.05) is 34.9 Å². The first-order valence-electron chi connectivity index (χ1n) is 7.72. The third-order valence-corrected chi connectivity index (χ3v) is 4.39. The second-order valence-electron chi connectivity index (χ2n) is 5.78. The molecule has 4 rings (SSSR count). The van der Waals surface area contributed by atoms with Crippen LogP contribution in [-0.2, 0) is 19.4 Å². The molecule has 3 aromatic rings. The maximum Gasteiger partial charge on any atom is 0.272 e. The summed E-state index contributed by atoms with van der Waals surface area (Å²) < 4.78 is 0. The molecule has 0 saturated carbocycles. The Morgan fingerprint density at radius 3 is 3.05 bits per heavy atom. The molecule has 1 aliphatic carbocycles. The third-order valence-electron chi connectivity index (χ3n) is 4.39. The number of nitrogens with zero attached hydrogens (tertiary/aromatic N) is 1. The van der Waals surface area contributed by atoms with Crippen LogP contribution in [0.25, 0.3) is 10.9 Å². The fraction of sp³-hybridized carbons (Fsp3) is 0.294. The van der Waals surface area contributed by atoms with Gasteiger partial charge in [-0.25, -0.2) is 0 Å². The zero-order valence-corrected chi connectivity index (χ0v) is 12.3. The molecule has 1 aliphatic rings. The van der Waals surface area contributed by atoms with Crippen LogP contribution in [0.5, 0.6) is 0 Å². The molecule has 0 bridgehead atoms. The van der Waals surface area contributed by atoms with Crippen molar-refractivity contribution < 1.29 is 4.79 Å². The molecule has 5 nitrogen and oxygen atoms in total. The minimum atomic E-state index is -0.0929. The van der Waals surface area contributed by atoms with Crippen molar-refractivity contribution in [2.24, 2.45) is 0 Å². The second kappa shape index (κ2) is 5.33. The first kappa shape index (κ1) is 13.1. The molecule has 112 valence electrons. The molecule has 1 amide bonds. The maximum absolute atomic E-state index is 12.4. The van der Waals surface area contributed by atoms with Crippen molar-refractivity contribution in [3.63, 3.8) is 0 Å². The minimum absolute atomic E-state index is 0.0929. The molecule has 2 heterocycles. The molecule has 0 spiro atoms. The van der Waals surface area contributed by atoms with Crippen molar-refractivity contribution in [2.45, 2.75) is 32.2 Å². The van der Waals surface area contributed by atoms with Gasteiger partial charge in [0.25, 0.3) is 5.91 Å². The summed E-state index contributed by atoms with van der Waals surface area (Å²) in [6.45, 7) is 0.504. The number of aromatic amines is 2. The van der Waals surface area contributed by atoms with E-state index in [1.165, 1.54) is 6.42 Å². The van der Waals surface area contributed by atoms with E-state index in [9.17, 15) is 4.79 Å². The average Bonchev–Trinajstić information content (AvgIpc) is 3.17. The molecule has 3 N–H and O–H groups in total. The lowest BCUT2D eigenvalue weighted by Gasteiger charge is -2.11. The van der Waals surface area contributed by atoms with Crippen LogP contribution >= 0.6 is 0 Å². The zero-order chi connectivity index (χ0) is 14.9. The summed E-state index contributed by atoms with van der Waals surface area (Å²) in [4.78, 5) is 15.6. The normalized spacial score (nSPS) is 14.0. The molecule has 0 radical (unpaired) electrons. The van der Waals surface area contributed by atoms with Crippen LogP contribution in [0.4, 0.5) is 0 Å². The Hall–Kier alpha value is -2.56. The Labute approximate surface area is 128 Å². The van der Waals surface area contributed by atoms with Gasteiger partial charge in [0.05, 0.1) is 0 Å². The van der Waals surface area contributed by atoms with E-state index in [1.807, 2.05) is 24.4 Å². The number of H-pyrrole nitrogens is 2. The van der Waals surface area contributed by atoms with Gasteiger partial charge in [-0.2, -0.15) is 5.10 Å². The fourth-order valence-corrected chi connectivity index (χ4v) is 3.21. The van der Waals surface area contributed by atoms with Crippen LogP contribution in [0, 0.1) is 0 Å². The number of hydrogen-bond donors (Lipinski definition) is 3. The van der Waals surface area contributed by atoms with Gasteiger partial charge in [0.2, 0.25) is 0 Å². The molecular weight excluding hydrogens is 276 g/mol. The number of aryl methyl sites for hydroxylation is 1. The number of carbonyl (C=O) groups excluding carboxylic acids is 1. The van der Waals surface area contributed by atoms with E-state index in [0.29, 0.717) is 12.2 Å². The van der Waals surface area contributed by atoms with Crippen molar-refractivity contribution in [3.8, 4) is 0 Å². The number of aromatic nitrogens is 3. The predicted octanol–water partition coefficient (Wildman–Crippen LogP) is 2.70. The molecule has 0 fully saturated rings. The van der Waals surface area contributed by atoms with Crippen molar-refractivity contribution in [2.75, 3.05) is 0 Å². The third kappa shape index (κ3) is 2.19. The topological polar surface area (TPSA) is 73.6 Å². The molecule has 2 aromatic heterocycles. The summed E-state index contributed by atoms with van der Waals surface area (Å²) in [6.07, 6.45) is 6.20. The van der Waals surface area contributed by atoms with Gasteiger partial charge in [-0.15, -0.1) is 0 Å². The van der Waals surface area contributed by atoms with E-state index in [4.69, 9.17) is 0 Å². The second-order valence-corrected chi connectivity index (χ2v) is 5.78. The van der Waals surface area contributed by atoms with Crippen LogP contribution in [0.3, 0.4) is 0 Å². The van der Waals surface area contributed by atoms with Crippen LogP contribution in [0.2, 0.25) is 0 Å². The quantitative estimate of drug-likeness (QED) is 0.695. The number of para-hydroxylation sites is 1. The number of fused-ring (bicyclic) bond motifs is 2. The van der Waals surface area contributed by atoms with E-state index in [-0.39, 0.29) is 5.91 Å². The number of nitrogens with one attached hydrogen (secondary N) is 3. The van der Waals surface area contributed by atoms with E-state index >= 15 is 0 Å². The number of hydrogen-bond acceptors (Lipinski definition) is 2. The highest BCUT2D eigenvalue weighted by Crippen LogP contribution is 2.22. The maximum atomic E-state index is 12.4. The van der Waals surface area contributed by atoms with E-state index in [0.717, 1.165) is 47.0 Å². The first-order valence-corrected chi connectivity index (χ1v) is 7.72. The minimum Gasteiger partial charge on any atom is -0.361 e. The predicted molar refractivity (Wildman–Crippen MR) is 84.7 cm³/mol. The van der Waals surface area contributed by atoms with Gasteiger partial charge in [-0.3, -0.25) is 9.89 Å². The Morgan fingerprint density at radius 2 is 2.09 bits per heavy atom. The Kier molecular flexibility index (Phi) is 3.18. The fourth-order valence-electron chi connectivity index (χ4n) is 3.21. The van der Waals surface area contributed by atoms with Crippen LogP contribution in [0.15, 0.2) is 30.5 Å². The van der Waals surface area contributed by atoms with E-state index < -0.39 is 0 Å². The van der Waals surface area contributed by atoms with Crippen LogP contribution < -0.4 is 5.32 Å². The summed E-state index contributed by atoms with van der Waals surface area (Å²) in [5.74, 6) is -0.0929. The molecule has 0 aliphatic heterocycles. The van der Waals surface area contributed by atoms with Crippen molar-refractivity contribution in [3.05, 3.63) is 53.0 Å². The lowest BCUT2D eigenvalue weighted by atomic mass is 9.96. The largest absolute Gasteiger partial charge is 0.361 e. The summed E-state index contributed by atoms with van der Waals surface area (Å²) in [5.41, 5.74) is 4.97. The van der Waals surface area contributed by atoms with E-state index in [2.05, 4.69) is 26.6 Å². The number of benzene rings is 1. The van der Waals surface area contributed by atoms with Gasteiger partial charge in [-0.1, -0.05) is 18.2 Å².